The van der Waals surface area contributed by atoms with Crippen LogP contribution in [0.25, 0.3) is 0 Å². The van der Waals surface area contributed by atoms with Crippen LogP contribution in [0.4, 0.5) is 0 Å². The molecule has 1 aromatic rings. The molecule has 1 atom stereocenters. The molecule has 21 heavy (non-hydrogen) atoms. The van der Waals surface area contributed by atoms with Crippen molar-refractivity contribution in [2.75, 3.05) is 0 Å². The number of hydrogen-bond acceptors (Lipinski definition) is 4. The van der Waals surface area contributed by atoms with Gasteiger partial charge in [0.1, 0.15) is 0 Å². The first-order chi connectivity index (χ1) is 10.1. The van der Waals surface area contributed by atoms with Gasteiger partial charge in [-0.2, -0.15) is 0 Å². The maximum atomic E-state index is 12.4. The number of benzene rings is 1. The maximum absolute atomic E-state index is 12.4. The van der Waals surface area contributed by atoms with Gasteiger partial charge in [0.2, 0.25) is 12.3 Å². The molecule has 0 saturated carbocycles. The minimum Gasteiger partial charge on any atom is -0.392 e. The van der Waals surface area contributed by atoms with E-state index in [0.29, 0.717) is 30.5 Å². The van der Waals surface area contributed by atoms with Gasteiger partial charge in [0, 0.05) is 24.6 Å². The van der Waals surface area contributed by atoms with Crippen LogP contribution in [0.2, 0.25) is 0 Å². The molecule has 0 bridgehead atoms. The molecule has 1 heterocycles. The molecule has 1 unspecified atom stereocenters. The van der Waals surface area contributed by atoms with Crippen molar-refractivity contribution in [1.82, 2.24) is 10.2 Å². The van der Waals surface area contributed by atoms with E-state index in [2.05, 4.69) is 5.32 Å². The Labute approximate surface area is 122 Å². The highest BCUT2D eigenvalue weighted by atomic mass is 16.3. The van der Waals surface area contributed by atoms with Crippen LogP contribution < -0.4 is 5.32 Å². The summed E-state index contributed by atoms with van der Waals surface area (Å²) < 4.78 is 0. The van der Waals surface area contributed by atoms with Crippen LogP contribution in [0.5, 0.6) is 0 Å². The minimum atomic E-state index is -0.344. The van der Waals surface area contributed by atoms with Gasteiger partial charge in [-0.1, -0.05) is 12.1 Å². The largest absolute Gasteiger partial charge is 0.392 e. The Kier molecular flexibility index (Phi) is 4.70. The molecule has 0 spiro atoms. The number of fused-ring (bicyclic) bond motifs is 1. The van der Waals surface area contributed by atoms with Crippen LogP contribution in [0.1, 0.15) is 41.3 Å². The van der Waals surface area contributed by atoms with Gasteiger partial charge >= 0.3 is 0 Å². The molecule has 2 N–H and O–H groups in total. The molecule has 6 nitrogen and oxygen atoms in total. The lowest BCUT2D eigenvalue weighted by Gasteiger charge is -2.23. The van der Waals surface area contributed by atoms with Crippen molar-refractivity contribution < 1.29 is 19.5 Å². The molecule has 112 valence electrons. The van der Waals surface area contributed by atoms with E-state index in [-0.39, 0.29) is 30.9 Å². The van der Waals surface area contributed by atoms with Gasteiger partial charge in [-0.05, 0) is 30.5 Å². The smallest absolute Gasteiger partial charge is 0.254 e. The molecule has 0 fully saturated rings. The number of aliphatic hydroxyl groups is 1. The molecule has 1 aliphatic heterocycles. The molecule has 3 amide bonds. The van der Waals surface area contributed by atoms with E-state index in [0.717, 1.165) is 5.56 Å². The van der Waals surface area contributed by atoms with Crippen molar-refractivity contribution in [3.8, 4) is 0 Å². The summed E-state index contributed by atoms with van der Waals surface area (Å²) in [6, 6.07) is 5.27. The number of nitrogens with zero attached hydrogens (tertiary/aromatic N) is 1. The summed E-state index contributed by atoms with van der Waals surface area (Å²) in [6.07, 6.45) is 1.05. The van der Waals surface area contributed by atoms with E-state index >= 15 is 0 Å². The van der Waals surface area contributed by atoms with E-state index in [4.69, 9.17) is 5.11 Å². The van der Waals surface area contributed by atoms with Crippen molar-refractivity contribution in [3.05, 3.63) is 34.9 Å². The lowest BCUT2D eigenvalue weighted by Crippen LogP contribution is -2.34. The molecule has 0 aromatic heterocycles. The van der Waals surface area contributed by atoms with Crippen molar-refractivity contribution >= 4 is 18.2 Å². The van der Waals surface area contributed by atoms with Gasteiger partial charge < -0.3 is 10.0 Å². The number of imide groups is 1. The lowest BCUT2D eigenvalue weighted by molar-refractivity contribution is -0.125. The fourth-order valence-electron chi connectivity index (χ4n) is 2.46. The number of nitrogens with one attached hydrogen (secondary N) is 1. The van der Waals surface area contributed by atoms with Gasteiger partial charge in [-0.15, -0.1) is 0 Å². The van der Waals surface area contributed by atoms with E-state index < -0.39 is 0 Å². The Morgan fingerprint density at radius 1 is 1.52 bits per heavy atom. The van der Waals surface area contributed by atoms with Crippen molar-refractivity contribution in [3.63, 3.8) is 0 Å². The molecule has 1 aliphatic rings. The zero-order chi connectivity index (χ0) is 15.4. The fourth-order valence-corrected chi connectivity index (χ4v) is 2.46. The molecular weight excluding hydrogens is 272 g/mol. The first-order valence-corrected chi connectivity index (χ1v) is 6.83. The highest BCUT2D eigenvalue weighted by Gasteiger charge is 2.30. The zero-order valence-corrected chi connectivity index (χ0v) is 11.8. The number of rotatable bonds is 6. The molecule has 2 rings (SSSR count). The summed E-state index contributed by atoms with van der Waals surface area (Å²) in [6.45, 7) is 2.29. The molecule has 6 heteroatoms. The Hall–Kier alpha value is -2.21. The summed E-state index contributed by atoms with van der Waals surface area (Å²) in [5.41, 5.74) is 2.26. The first-order valence-electron chi connectivity index (χ1n) is 6.83. The highest BCUT2D eigenvalue weighted by molar-refractivity contribution is 5.98. The normalized spacial score (nSPS) is 14.8. The van der Waals surface area contributed by atoms with Crippen LogP contribution in [0, 0.1) is 0 Å². The third-order valence-corrected chi connectivity index (χ3v) is 3.73. The number of carbonyl (C=O) groups excluding carboxylic acids is 3. The lowest BCUT2D eigenvalue weighted by atomic mass is 10.1. The van der Waals surface area contributed by atoms with Crippen molar-refractivity contribution in [1.29, 1.82) is 0 Å². The average Bonchev–Trinajstić information content (AvgIpc) is 2.82. The summed E-state index contributed by atoms with van der Waals surface area (Å²) >= 11 is 0. The van der Waals surface area contributed by atoms with Gasteiger partial charge in [0.05, 0.1) is 6.61 Å². The number of carbonyl (C=O) groups is 3. The van der Waals surface area contributed by atoms with E-state index in [1.807, 2.05) is 13.0 Å². The van der Waals surface area contributed by atoms with E-state index in [9.17, 15) is 14.4 Å². The summed E-state index contributed by atoms with van der Waals surface area (Å²) in [5, 5.41) is 11.2. The van der Waals surface area contributed by atoms with Crippen LogP contribution in [-0.4, -0.2) is 34.3 Å². The summed E-state index contributed by atoms with van der Waals surface area (Å²) in [5.74, 6) is -0.424. The van der Waals surface area contributed by atoms with E-state index in [1.165, 1.54) is 0 Å². The van der Waals surface area contributed by atoms with Crippen molar-refractivity contribution in [2.45, 2.75) is 39.0 Å². The van der Waals surface area contributed by atoms with Crippen LogP contribution in [-0.2, 0) is 22.7 Å². The maximum Gasteiger partial charge on any atom is 0.254 e. The number of hydrogen-bond donors (Lipinski definition) is 2. The second kappa shape index (κ2) is 6.49. The number of amides is 3. The van der Waals surface area contributed by atoms with Gasteiger partial charge in [0.15, 0.2) is 0 Å². The van der Waals surface area contributed by atoms with Gasteiger partial charge in [0.25, 0.3) is 5.91 Å². The SMILES string of the molecule is CC(CCC(=O)NC=O)N1Cc2ccc(CO)cc2C1=O. The Bertz CT molecular complexity index is 571. The molecule has 0 radical (unpaired) electrons. The van der Waals surface area contributed by atoms with Gasteiger partial charge in [-0.25, -0.2) is 0 Å². The topological polar surface area (TPSA) is 86.7 Å². The molecule has 0 saturated heterocycles. The van der Waals surface area contributed by atoms with Gasteiger partial charge in [-0.3, -0.25) is 19.7 Å². The summed E-state index contributed by atoms with van der Waals surface area (Å²) in [4.78, 5) is 35.5. The van der Waals surface area contributed by atoms with Crippen LogP contribution in [0.3, 0.4) is 0 Å². The zero-order valence-electron chi connectivity index (χ0n) is 11.8. The van der Waals surface area contributed by atoms with E-state index in [1.54, 1.807) is 17.0 Å². The fraction of sp³-hybridized carbons (Fsp3) is 0.400. The number of aliphatic hydroxyl groups excluding tert-OH is 1. The van der Waals surface area contributed by atoms with Crippen molar-refractivity contribution in [2.24, 2.45) is 0 Å². The molecular formula is C15H18N2O4. The molecule has 1 aromatic carbocycles. The Morgan fingerprint density at radius 2 is 2.29 bits per heavy atom. The summed E-state index contributed by atoms with van der Waals surface area (Å²) in [7, 11) is 0. The minimum absolute atomic E-state index is 0.0800. The van der Waals surface area contributed by atoms with Crippen LogP contribution >= 0.6 is 0 Å². The second-order valence-corrected chi connectivity index (χ2v) is 5.16. The average molecular weight is 290 g/mol. The third kappa shape index (κ3) is 3.28. The standard InChI is InChI=1S/C15H18N2O4/c1-10(2-5-14(20)16-9-19)17-7-12-4-3-11(8-18)6-13(12)15(17)21/h3-4,6,9-10,18H,2,5,7-8H2,1H3,(H,16,19,20). The third-order valence-electron chi connectivity index (χ3n) is 3.73. The second-order valence-electron chi connectivity index (χ2n) is 5.16. The Balaban J connectivity index is 2.01. The monoisotopic (exact) mass is 290 g/mol. The predicted molar refractivity (Wildman–Crippen MR) is 75.1 cm³/mol. The predicted octanol–water partition coefficient (Wildman–Crippen LogP) is 0.576. The van der Waals surface area contributed by atoms with Crippen LogP contribution in [0.15, 0.2) is 18.2 Å². The molecule has 0 aliphatic carbocycles. The highest BCUT2D eigenvalue weighted by Crippen LogP contribution is 2.26. The Morgan fingerprint density at radius 3 is 2.95 bits per heavy atom. The first kappa shape index (κ1) is 15.2. The quantitative estimate of drug-likeness (QED) is 0.750.